The summed E-state index contributed by atoms with van der Waals surface area (Å²) in [5.74, 6) is 0.235. The lowest BCUT2D eigenvalue weighted by atomic mass is 9.95. The molecule has 0 bridgehead atoms. The van der Waals surface area contributed by atoms with Crippen LogP contribution in [0.2, 0.25) is 5.02 Å². The smallest absolute Gasteiger partial charge is 0.311 e. The summed E-state index contributed by atoms with van der Waals surface area (Å²) in [5.41, 5.74) is 4.67. The monoisotopic (exact) mass is 506 g/mol. The first-order valence-electron chi connectivity index (χ1n) is 12.1. The fraction of sp³-hybridized carbons (Fsp3) is 0.345. The van der Waals surface area contributed by atoms with E-state index in [1.807, 2.05) is 45.0 Å². The number of nitrogens with zero attached hydrogens (tertiary/aromatic N) is 1. The molecule has 0 aliphatic carbocycles. The molecule has 2 heterocycles. The largest absolute Gasteiger partial charge is 0.487 e. The van der Waals surface area contributed by atoms with Gasteiger partial charge >= 0.3 is 5.97 Å². The van der Waals surface area contributed by atoms with Gasteiger partial charge in [-0.05, 0) is 94.1 Å². The highest BCUT2D eigenvalue weighted by molar-refractivity contribution is 6.30. The van der Waals surface area contributed by atoms with Crippen LogP contribution in [0, 0.1) is 5.92 Å². The topological polar surface area (TPSA) is 77.5 Å². The molecule has 36 heavy (non-hydrogen) atoms. The number of benzene rings is 2. The van der Waals surface area contributed by atoms with Gasteiger partial charge in [-0.25, -0.2) is 0 Å². The molecule has 7 heteroatoms. The van der Waals surface area contributed by atoms with E-state index in [2.05, 4.69) is 16.4 Å². The van der Waals surface area contributed by atoms with Gasteiger partial charge in [0.2, 0.25) is 0 Å². The molecule has 1 atom stereocenters. The van der Waals surface area contributed by atoms with Crippen molar-refractivity contribution in [1.82, 2.24) is 4.98 Å². The number of aryl methyl sites for hydroxylation is 1. The summed E-state index contributed by atoms with van der Waals surface area (Å²) < 4.78 is 11.7. The van der Waals surface area contributed by atoms with Crippen molar-refractivity contribution in [2.75, 3.05) is 11.9 Å². The van der Waals surface area contributed by atoms with Crippen LogP contribution in [0.15, 0.2) is 54.7 Å². The third kappa shape index (κ3) is 6.43. The summed E-state index contributed by atoms with van der Waals surface area (Å²) in [5, 5.41) is 4.01. The van der Waals surface area contributed by atoms with Crippen LogP contribution >= 0.6 is 11.6 Å². The number of rotatable bonds is 6. The third-order valence-electron chi connectivity index (χ3n) is 6.00. The molecule has 188 valence electrons. The summed E-state index contributed by atoms with van der Waals surface area (Å²) in [7, 11) is 0. The molecule has 0 saturated carbocycles. The Kier molecular flexibility index (Phi) is 7.65. The maximum atomic E-state index is 12.6. The van der Waals surface area contributed by atoms with Crippen molar-refractivity contribution < 1.29 is 19.1 Å². The fourth-order valence-electron chi connectivity index (χ4n) is 4.17. The number of hydrogen-bond acceptors (Lipinski definition) is 6. The normalized spacial score (nSPS) is 15.3. The second-order valence-corrected chi connectivity index (χ2v) is 10.5. The van der Waals surface area contributed by atoms with Gasteiger partial charge in [-0.2, -0.15) is 0 Å². The van der Waals surface area contributed by atoms with Gasteiger partial charge in [0.25, 0.3) is 0 Å². The Balaban J connectivity index is 1.60. The maximum absolute atomic E-state index is 12.6. The standard InChI is InChI=1S/C29H31ClN2O4/c1-18(33)19-8-10-27(35-17-24-15-23(30)11-12-31-24)25(14-19)20-7-9-26-21(13-20)5-6-22(16-32-26)28(34)36-29(2,3)4/h7-15,22,32H,5-6,16-17H2,1-4H3. The Labute approximate surface area is 217 Å². The van der Waals surface area contributed by atoms with Gasteiger partial charge in [-0.1, -0.05) is 17.7 Å². The predicted molar refractivity (Wildman–Crippen MR) is 142 cm³/mol. The number of ether oxygens (including phenoxy) is 2. The van der Waals surface area contributed by atoms with Crippen molar-refractivity contribution in [3.8, 4) is 16.9 Å². The Morgan fingerprint density at radius 3 is 2.64 bits per heavy atom. The third-order valence-corrected chi connectivity index (χ3v) is 6.23. The van der Waals surface area contributed by atoms with E-state index < -0.39 is 5.60 Å². The molecule has 2 aromatic carbocycles. The fourth-order valence-corrected chi connectivity index (χ4v) is 4.35. The summed E-state index contributed by atoms with van der Waals surface area (Å²) >= 11 is 6.08. The molecule has 4 rings (SSSR count). The number of hydrogen-bond donors (Lipinski definition) is 1. The molecule has 6 nitrogen and oxygen atoms in total. The highest BCUT2D eigenvalue weighted by atomic mass is 35.5. The zero-order chi connectivity index (χ0) is 25.9. The van der Waals surface area contributed by atoms with Crippen molar-refractivity contribution >= 4 is 29.0 Å². The molecule has 0 radical (unpaired) electrons. The molecular formula is C29H31ClN2O4. The van der Waals surface area contributed by atoms with E-state index in [1.54, 1.807) is 31.3 Å². The lowest BCUT2D eigenvalue weighted by Crippen LogP contribution is -2.31. The number of carbonyl (C=O) groups excluding carboxylic acids is 2. The van der Waals surface area contributed by atoms with Crippen LogP contribution in [0.5, 0.6) is 5.75 Å². The number of nitrogens with one attached hydrogen (secondary N) is 1. The quantitative estimate of drug-likeness (QED) is 0.304. The number of carbonyl (C=O) groups is 2. The summed E-state index contributed by atoms with van der Waals surface area (Å²) in [6, 6.07) is 15.0. The van der Waals surface area contributed by atoms with E-state index >= 15 is 0 Å². The number of aromatic nitrogens is 1. The van der Waals surface area contributed by atoms with E-state index in [0.29, 0.717) is 35.0 Å². The lowest BCUT2D eigenvalue weighted by molar-refractivity contribution is -0.159. The van der Waals surface area contributed by atoms with Crippen LogP contribution in [-0.2, 0) is 22.6 Å². The van der Waals surface area contributed by atoms with E-state index in [4.69, 9.17) is 21.1 Å². The average molecular weight is 507 g/mol. The van der Waals surface area contributed by atoms with Crippen LogP contribution in [0.25, 0.3) is 11.1 Å². The number of ketones is 1. The highest BCUT2D eigenvalue weighted by Crippen LogP contribution is 2.36. The molecular weight excluding hydrogens is 476 g/mol. The minimum atomic E-state index is -0.512. The summed E-state index contributed by atoms with van der Waals surface area (Å²) in [6.07, 6.45) is 3.07. The van der Waals surface area contributed by atoms with E-state index in [-0.39, 0.29) is 24.3 Å². The van der Waals surface area contributed by atoms with Crippen LogP contribution in [0.4, 0.5) is 5.69 Å². The minimum absolute atomic E-state index is 0.0177. The van der Waals surface area contributed by atoms with Crippen LogP contribution < -0.4 is 10.1 Å². The molecule has 1 aliphatic heterocycles. The van der Waals surface area contributed by atoms with Crippen LogP contribution in [0.1, 0.15) is 55.7 Å². The Hall–Kier alpha value is -3.38. The summed E-state index contributed by atoms with van der Waals surface area (Å²) in [4.78, 5) is 29.1. The van der Waals surface area contributed by atoms with Crippen molar-refractivity contribution in [3.63, 3.8) is 0 Å². The zero-order valence-electron chi connectivity index (χ0n) is 21.1. The van der Waals surface area contributed by atoms with Gasteiger partial charge in [-0.15, -0.1) is 0 Å². The van der Waals surface area contributed by atoms with Crippen LogP contribution in [-0.4, -0.2) is 28.9 Å². The van der Waals surface area contributed by atoms with Gasteiger partial charge in [0.1, 0.15) is 18.0 Å². The molecule has 0 amide bonds. The van der Waals surface area contributed by atoms with Crippen molar-refractivity contribution in [2.24, 2.45) is 5.92 Å². The minimum Gasteiger partial charge on any atom is -0.487 e. The van der Waals surface area contributed by atoms with Crippen LogP contribution in [0.3, 0.4) is 0 Å². The molecule has 0 spiro atoms. The summed E-state index contributed by atoms with van der Waals surface area (Å²) in [6.45, 7) is 7.97. The highest BCUT2D eigenvalue weighted by Gasteiger charge is 2.27. The number of halogens is 1. The first kappa shape index (κ1) is 25.7. The Bertz CT molecular complexity index is 1280. The average Bonchev–Trinajstić information content (AvgIpc) is 3.04. The molecule has 1 aromatic heterocycles. The van der Waals surface area contributed by atoms with E-state index in [0.717, 1.165) is 28.8 Å². The van der Waals surface area contributed by atoms with Crippen molar-refractivity contribution in [1.29, 1.82) is 0 Å². The second kappa shape index (κ2) is 10.7. The molecule has 1 unspecified atom stereocenters. The Morgan fingerprint density at radius 2 is 1.92 bits per heavy atom. The number of Topliss-reactive ketones (excluding diaryl/α,β-unsaturated/α-hetero) is 1. The van der Waals surface area contributed by atoms with Gasteiger partial charge < -0.3 is 14.8 Å². The molecule has 0 fully saturated rings. The van der Waals surface area contributed by atoms with E-state index in [1.165, 1.54) is 0 Å². The van der Waals surface area contributed by atoms with Crippen molar-refractivity contribution in [2.45, 2.75) is 52.7 Å². The molecule has 1 N–H and O–H groups in total. The predicted octanol–water partition coefficient (Wildman–Crippen LogP) is 6.50. The lowest BCUT2D eigenvalue weighted by Gasteiger charge is -2.23. The number of anilines is 1. The van der Waals surface area contributed by atoms with E-state index in [9.17, 15) is 9.59 Å². The first-order valence-corrected chi connectivity index (χ1v) is 12.4. The maximum Gasteiger partial charge on any atom is 0.311 e. The van der Waals surface area contributed by atoms with Gasteiger partial charge in [-0.3, -0.25) is 14.6 Å². The van der Waals surface area contributed by atoms with Crippen molar-refractivity contribution in [3.05, 3.63) is 76.6 Å². The number of pyridine rings is 1. The molecule has 0 saturated heterocycles. The molecule has 3 aromatic rings. The Morgan fingerprint density at radius 1 is 1.11 bits per heavy atom. The molecule has 1 aliphatic rings. The number of fused-ring (bicyclic) bond motifs is 1. The van der Waals surface area contributed by atoms with Gasteiger partial charge in [0.15, 0.2) is 5.78 Å². The first-order chi connectivity index (χ1) is 17.1. The SMILES string of the molecule is CC(=O)c1ccc(OCc2cc(Cl)ccn2)c(-c2ccc3c(c2)CCC(C(=O)OC(C)(C)C)CN3)c1. The zero-order valence-corrected chi connectivity index (χ0v) is 21.8. The van der Waals surface area contributed by atoms with Gasteiger partial charge in [0, 0.05) is 34.6 Å². The van der Waals surface area contributed by atoms with Gasteiger partial charge in [0.05, 0.1) is 11.6 Å². The number of esters is 1. The second-order valence-electron chi connectivity index (χ2n) is 10.0.